The molecule has 1 amide bonds. The van der Waals surface area contributed by atoms with Crippen LogP contribution in [0.5, 0.6) is 0 Å². The molecule has 0 unspecified atom stereocenters. The van der Waals surface area contributed by atoms with Crippen LogP contribution >= 0.6 is 22.6 Å². The van der Waals surface area contributed by atoms with Crippen molar-refractivity contribution in [2.45, 2.75) is 68.7 Å². The van der Waals surface area contributed by atoms with Crippen molar-refractivity contribution in [2.75, 3.05) is 0 Å². The number of benzene rings is 2. The molecule has 31 heavy (non-hydrogen) atoms. The van der Waals surface area contributed by atoms with Crippen molar-refractivity contribution in [3.63, 3.8) is 0 Å². The summed E-state index contributed by atoms with van der Waals surface area (Å²) < 4.78 is 7.90. The number of β-lactam (4-membered cyclic amide) rings is 1. The van der Waals surface area contributed by atoms with Gasteiger partial charge >= 0.3 is 210 Å². The maximum absolute atomic E-state index is 13.3. The predicted octanol–water partition coefficient (Wildman–Crippen LogP) is 5.89. The van der Waals surface area contributed by atoms with Gasteiger partial charge in [-0.2, -0.15) is 0 Å². The fourth-order valence-electron chi connectivity index (χ4n) is 3.63. The first-order chi connectivity index (χ1) is 14.5. The summed E-state index contributed by atoms with van der Waals surface area (Å²) in [5.41, 5.74) is 2.58. The van der Waals surface area contributed by atoms with Gasteiger partial charge in [0.05, 0.1) is 0 Å². The molecule has 6 heteroatoms. The summed E-state index contributed by atoms with van der Waals surface area (Å²) in [7, 11) is -1.93. The van der Waals surface area contributed by atoms with Crippen LogP contribution in [-0.4, -0.2) is 45.1 Å². The first-order valence-corrected chi connectivity index (χ1v) is 17.1. The van der Waals surface area contributed by atoms with Crippen LogP contribution in [0.2, 0.25) is 18.1 Å². The number of hydrogen-bond acceptors (Lipinski definition) is 2. The Morgan fingerprint density at radius 2 is 1.71 bits per heavy atom. The van der Waals surface area contributed by atoms with E-state index in [0.717, 1.165) is 5.32 Å². The van der Waals surface area contributed by atoms with E-state index in [1.54, 1.807) is 0 Å². The molecular formula is C25H34INO2SeSi. The molecule has 3 nitrogen and oxygen atoms in total. The third-order valence-corrected chi connectivity index (χ3v) is 15.1. The van der Waals surface area contributed by atoms with E-state index in [-0.39, 0.29) is 27.9 Å². The number of carbonyl (C=O) groups is 1. The monoisotopic (exact) mass is 615 g/mol. The van der Waals surface area contributed by atoms with E-state index in [1.807, 2.05) is 0 Å². The van der Waals surface area contributed by atoms with Crippen molar-refractivity contribution in [1.82, 2.24) is 4.90 Å². The maximum atomic E-state index is 13.3. The van der Waals surface area contributed by atoms with Gasteiger partial charge in [-0.25, -0.2) is 0 Å². The van der Waals surface area contributed by atoms with Gasteiger partial charge < -0.3 is 0 Å². The molecule has 3 atom stereocenters. The number of nitrogens with zero attached hydrogens (tertiary/aromatic N) is 1. The summed E-state index contributed by atoms with van der Waals surface area (Å²) in [5.74, 6) is 0.227. The van der Waals surface area contributed by atoms with Gasteiger partial charge in [0.1, 0.15) is 0 Å². The summed E-state index contributed by atoms with van der Waals surface area (Å²) in [6.45, 7) is 14.2. The number of rotatable bonds is 8. The van der Waals surface area contributed by atoms with E-state index >= 15 is 0 Å². The van der Waals surface area contributed by atoms with Gasteiger partial charge in [0.2, 0.25) is 0 Å². The standard InChI is InChI=1S/C25H34INO2SeSi/c1-18(29-31(5,6)25(2,3)4)22-23(28)27(16-20-14-10-11-15-21(20)26)24(22)30-17-19-12-8-7-9-13-19/h7-15,18,22,24H,16-17H2,1-6H3/t18-,22+,24-/m1/s1. The molecule has 2 aromatic carbocycles. The SMILES string of the molecule is C[C@@H](O[Si](C)(C)C(C)(C)C)[C@H]1C(=O)N(Cc2ccccc2I)[C@@H]1[Se]Cc1ccccc1. The number of likely N-dealkylation sites (tertiary alicyclic amines) is 1. The van der Waals surface area contributed by atoms with Crippen LogP contribution in [0.3, 0.4) is 0 Å². The van der Waals surface area contributed by atoms with Crippen molar-refractivity contribution in [1.29, 1.82) is 0 Å². The summed E-state index contributed by atoms with van der Waals surface area (Å²) in [4.78, 5) is 15.7. The van der Waals surface area contributed by atoms with E-state index in [1.165, 1.54) is 14.7 Å². The minimum absolute atomic E-state index is 0.0285. The van der Waals surface area contributed by atoms with E-state index < -0.39 is 8.32 Å². The first-order valence-electron chi connectivity index (χ1n) is 10.9. The van der Waals surface area contributed by atoms with Gasteiger partial charge in [0.25, 0.3) is 0 Å². The number of amides is 1. The number of hydrogen-bond donors (Lipinski definition) is 0. The molecule has 1 aliphatic rings. The molecule has 0 aliphatic carbocycles. The molecular weight excluding hydrogens is 580 g/mol. The van der Waals surface area contributed by atoms with Crippen molar-refractivity contribution < 1.29 is 9.22 Å². The van der Waals surface area contributed by atoms with Crippen LogP contribution in [0.15, 0.2) is 54.6 Å². The van der Waals surface area contributed by atoms with Crippen LogP contribution < -0.4 is 0 Å². The van der Waals surface area contributed by atoms with Gasteiger partial charge in [-0.15, -0.1) is 0 Å². The van der Waals surface area contributed by atoms with Crippen LogP contribution in [0.1, 0.15) is 38.8 Å². The normalized spacial score (nSPS) is 20.5. The molecule has 1 aliphatic heterocycles. The van der Waals surface area contributed by atoms with Crippen LogP contribution in [0.4, 0.5) is 0 Å². The Kier molecular flexibility index (Phi) is 8.12. The molecule has 1 fully saturated rings. The molecule has 3 rings (SSSR count). The first kappa shape index (κ1) is 25.0. The zero-order valence-corrected chi connectivity index (χ0v) is 24.3. The van der Waals surface area contributed by atoms with Crippen molar-refractivity contribution in [3.8, 4) is 0 Å². The molecule has 1 saturated heterocycles. The van der Waals surface area contributed by atoms with Crippen LogP contribution in [0.25, 0.3) is 0 Å². The third kappa shape index (κ3) is 5.83. The van der Waals surface area contributed by atoms with E-state index in [0.29, 0.717) is 21.5 Å². The van der Waals surface area contributed by atoms with Crippen LogP contribution in [-0.2, 0) is 21.1 Å². The van der Waals surface area contributed by atoms with Gasteiger partial charge in [-0.3, -0.25) is 0 Å². The van der Waals surface area contributed by atoms with Gasteiger partial charge in [-0.05, 0) is 0 Å². The molecule has 168 valence electrons. The Balaban J connectivity index is 1.78. The number of halogens is 1. The Morgan fingerprint density at radius 1 is 1.10 bits per heavy atom. The Bertz CT molecular complexity index is 900. The molecule has 0 bridgehead atoms. The number of carbonyl (C=O) groups excluding carboxylic acids is 1. The molecule has 1 heterocycles. The summed E-state index contributed by atoms with van der Waals surface area (Å²) in [5, 5.41) is 1.18. The molecule has 0 radical (unpaired) electrons. The summed E-state index contributed by atoms with van der Waals surface area (Å²) in [6, 6.07) is 19.0. The van der Waals surface area contributed by atoms with Gasteiger partial charge in [0.15, 0.2) is 0 Å². The van der Waals surface area contributed by atoms with Gasteiger partial charge in [-0.1, -0.05) is 0 Å². The zero-order chi connectivity index (χ0) is 22.8. The second-order valence-corrected chi connectivity index (χ2v) is 18.1. The average molecular weight is 615 g/mol. The third-order valence-electron chi connectivity index (χ3n) is 6.54. The van der Waals surface area contributed by atoms with Crippen molar-refractivity contribution in [3.05, 3.63) is 69.3 Å². The minimum atomic E-state index is -1.93. The van der Waals surface area contributed by atoms with E-state index in [4.69, 9.17) is 4.43 Å². The fraction of sp³-hybridized carbons (Fsp3) is 0.480. The van der Waals surface area contributed by atoms with Gasteiger partial charge in [0, 0.05) is 0 Å². The second-order valence-electron chi connectivity index (χ2n) is 9.85. The van der Waals surface area contributed by atoms with Crippen molar-refractivity contribution >= 4 is 51.8 Å². The Labute approximate surface area is 208 Å². The van der Waals surface area contributed by atoms with E-state index in [9.17, 15) is 4.79 Å². The molecule has 0 saturated carbocycles. The fourth-order valence-corrected chi connectivity index (χ4v) is 8.67. The molecule has 0 N–H and O–H groups in total. The molecule has 0 aromatic heterocycles. The van der Waals surface area contributed by atoms with Crippen LogP contribution in [0, 0.1) is 9.49 Å². The Morgan fingerprint density at radius 3 is 2.32 bits per heavy atom. The second kappa shape index (κ2) is 10.1. The average Bonchev–Trinajstić information content (AvgIpc) is 2.69. The van der Waals surface area contributed by atoms with Crippen molar-refractivity contribution in [2.24, 2.45) is 5.92 Å². The Hall–Kier alpha value is -0.664. The predicted molar refractivity (Wildman–Crippen MR) is 141 cm³/mol. The quantitative estimate of drug-likeness (QED) is 0.211. The summed E-state index contributed by atoms with van der Waals surface area (Å²) >= 11 is 2.67. The molecule has 0 spiro atoms. The molecule has 2 aromatic rings. The zero-order valence-electron chi connectivity index (χ0n) is 19.4. The van der Waals surface area contributed by atoms with E-state index in [2.05, 4.69) is 123 Å². The summed E-state index contributed by atoms with van der Waals surface area (Å²) in [6.07, 6.45) is -0.0397. The topological polar surface area (TPSA) is 29.5 Å².